The van der Waals surface area contributed by atoms with E-state index in [1.165, 1.54) is 6.92 Å². The Bertz CT molecular complexity index is 1170. The molecule has 3 aromatic rings. The largest absolute Gasteiger partial charge is 0.493 e. The lowest BCUT2D eigenvalue weighted by Crippen LogP contribution is -2.32. The summed E-state index contributed by atoms with van der Waals surface area (Å²) >= 11 is 1.60. The molecule has 0 radical (unpaired) electrons. The van der Waals surface area contributed by atoms with Gasteiger partial charge in [-0.15, -0.1) is 11.3 Å². The van der Waals surface area contributed by atoms with Crippen LogP contribution in [0.3, 0.4) is 0 Å². The summed E-state index contributed by atoms with van der Waals surface area (Å²) in [5.74, 6) is 1.09. The van der Waals surface area contributed by atoms with Crippen molar-refractivity contribution >= 4 is 34.4 Å². The standard InChI is InChI=1S/C25H25N3O4S/c1-16(29)17-6-9-19(10-7-17)26-15-25(30)28-21(14-20(27-28)24-5-4-12-33-24)18-8-11-22(31-2)23(13-18)32-3/h4-13,21,26H,14-15H2,1-3H3/t21-/m1/s1. The Hall–Kier alpha value is -3.65. The fraction of sp³-hybridized carbons (Fsp3) is 0.240. The molecule has 0 aliphatic carbocycles. The number of benzene rings is 2. The molecule has 4 rings (SSSR count). The van der Waals surface area contributed by atoms with Crippen LogP contribution in [0.4, 0.5) is 5.69 Å². The number of ether oxygens (including phenoxy) is 2. The zero-order valence-corrected chi connectivity index (χ0v) is 19.5. The second-order valence-corrected chi connectivity index (χ2v) is 8.53. The number of anilines is 1. The van der Waals surface area contributed by atoms with Gasteiger partial charge in [0, 0.05) is 17.7 Å². The van der Waals surface area contributed by atoms with Crippen molar-refractivity contribution in [2.75, 3.05) is 26.1 Å². The first-order valence-electron chi connectivity index (χ1n) is 10.5. The molecule has 0 spiro atoms. The summed E-state index contributed by atoms with van der Waals surface area (Å²) < 4.78 is 10.8. The van der Waals surface area contributed by atoms with E-state index in [1.54, 1.807) is 54.8 Å². The third-order valence-corrected chi connectivity index (χ3v) is 6.42. The summed E-state index contributed by atoms with van der Waals surface area (Å²) in [7, 11) is 3.18. The van der Waals surface area contributed by atoms with Gasteiger partial charge in [-0.2, -0.15) is 5.10 Å². The van der Waals surface area contributed by atoms with Crippen molar-refractivity contribution in [3.63, 3.8) is 0 Å². The van der Waals surface area contributed by atoms with Gasteiger partial charge >= 0.3 is 0 Å². The third-order valence-electron chi connectivity index (χ3n) is 5.50. The molecule has 1 aromatic heterocycles. The number of hydrogen-bond donors (Lipinski definition) is 1. The molecule has 0 saturated carbocycles. The highest BCUT2D eigenvalue weighted by atomic mass is 32.1. The third kappa shape index (κ3) is 4.90. The van der Waals surface area contributed by atoms with Crippen molar-refractivity contribution in [3.8, 4) is 11.5 Å². The van der Waals surface area contributed by atoms with E-state index in [9.17, 15) is 9.59 Å². The highest BCUT2D eigenvalue weighted by Gasteiger charge is 2.33. The molecule has 7 nitrogen and oxygen atoms in total. The highest BCUT2D eigenvalue weighted by molar-refractivity contribution is 7.12. The van der Waals surface area contributed by atoms with Gasteiger partial charge in [0.15, 0.2) is 17.3 Å². The molecule has 2 heterocycles. The first-order valence-corrected chi connectivity index (χ1v) is 11.4. The Morgan fingerprint density at radius 2 is 1.85 bits per heavy atom. The maximum atomic E-state index is 13.2. The Morgan fingerprint density at radius 1 is 1.09 bits per heavy atom. The van der Waals surface area contributed by atoms with Crippen LogP contribution in [0.5, 0.6) is 11.5 Å². The molecular weight excluding hydrogens is 438 g/mol. The number of hydrogen-bond acceptors (Lipinski definition) is 7. The van der Waals surface area contributed by atoms with Gasteiger partial charge in [0.25, 0.3) is 5.91 Å². The smallest absolute Gasteiger partial charge is 0.262 e. The quantitative estimate of drug-likeness (QED) is 0.487. The summed E-state index contributed by atoms with van der Waals surface area (Å²) in [6.07, 6.45) is 0.606. The van der Waals surface area contributed by atoms with E-state index in [0.717, 1.165) is 21.8 Å². The van der Waals surface area contributed by atoms with Gasteiger partial charge in [-0.05, 0) is 60.3 Å². The number of hydrazone groups is 1. The number of Topliss-reactive ketones (excluding diaryl/α,β-unsaturated/α-hetero) is 1. The molecule has 1 atom stereocenters. The van der Waals surface area contributed by atoms with Crippen LogP contribution in [0.25, 0.3) is 0 Å². The SMILES string of the molecule is COc1ccc([C@H]2CC(c3cccs3)=NN2C(=O)CNc2ccc(C(C)=O)cc2)cc1OC. The molecule has 1 N–H and O–H groups in total. The number of rotatable bonds is 8. The van der Waals surface area contributed by atoms with Crippen molar-refractivity contribution < 1.29 is 19.1 Å². The molecule has 170 valence electrons. The maximum Gasteiger partial charge on any atom is 0.262 e. The number of amides is 1. The summed E-state index contributed by atoms with van der Waals surface area (Å²) in [6.45, 7) is 1.60. The monoisotopic (exact) mass is 463 g/mol. The molecular formula is C25H25N3O4S. The van der Waals surface area contributed by atoms with E-state index in [-0.39, 0.29) is 24.3 Å². The van der Waals surface area contributed by atoms with Crippen molar-refractivity contribution in [1.82, 2.24) is 5.01 Å². The molecule has 0 saturated heterocycles. The molecule has 33 heavy (non-hydrogen) atoms. The van der Waals surface area contributed by atoms with Crippen LogP contribution in [0.2, 0.25) is 0 Å². The van der Waals surface area contributed by atoms with Crippen molar-refractivity contribution in [2.45, 2.75) is 19.4 Å². The van der Waals surface area contributed by atoms with E-state index >= 15 is 0 Å². The van der Waals surface area contributed by atoms with Gasteiger partial charge < -0.3 is 14.8 Å². The molecule has 0 fully saturated rings. The molecule has 1 aliphatic heterocycles. The number of ketones is 1. The molecule has 2 aromatic carbocycles. The van der Waals surface area contributed by atoms with Crippen LogP contribution in [0.1, 0.15) is 40.2 Å². The lowest BCUT2D eigenvalue weighted by atomic mass is 10.0. The molecule has 0 unspecified atom stereocenters. The lowest BCUT2D eigenvalue weighted by molar-refractivity contribution is -0.131. The number of carbonyl (C=O) groups is 2. The average molecular weight is 464 g/mol. The van der Waals surface area contributed by atoms with Crippen LogP contribution in [0, 0.1) is 0 Å². The number of carbonyl (C=O) groups excluding carboxylic acids is 2. The van der Waals surface area contributed by atoms with Crippen molar-refractivity contribution in [1.29, 1.82) is 0 Å². The van der Waals surface area contributed by atoms with Crippen molar-refractivity contribution in [3.05, 3.63) is 76.0 Å². The fourth-order valence-corrected chi connectivity index (χ4v) is 4.45. The summed E-state index contributed by atoms with van der Waals surface area (Å²) in [5.41, 5.74) is 3.19. The topological polar surface area (TPSA) is 80.2 Å². The van der Waals surface area contributed by atoms with E-state index in [1.807, 2.05) is 35.7 Å². The minimum atomic E-state index is -0.253. The van der Waals surface area contributed by atoms with Crippen molar-refractivity contribution in [2.24, 2.45) is 5.10 Å². The van der Waals surface area contributed by atoms with Gasteiger partial charge in [0.2, 0.25) is 0 Å². The first-order chi connectivity index (χ1) is 16.0. The fourth-order valence-electron chi connectivity index (χ4n) is 3.73. The number of thiophene rings is 1. The number of methoxy groups -OCH3 is 2. The van der Waals surface area contributed by atoms with E-state index in [2.05, 4.69) is 5.32 Å². The van der Waals surface area contributed by atoms with Crippen LogP contribution in [0.15, 0.2) is 65.1 Å². The van der Waals surface area contributed by atoms with E-state index in [0.29, 0.717) is 23.5 Å². The zero-order valence-electron chi connectivity index (χ0n) is 18.7. The normalized spacial score (nSPS) is 15.2. The van der Waals surface area contributed by atoms with Crippen LogP contribution < -0.4 is 14.8 Å². The molecule has 1 aliphatic rings. The first kappa shape index (κ1) is 22.5. The second kappa shape index (κ2) is 9.87. The lowest BCUT2D eigenvalue weighted by Gasteiger charge is -2.23. The van der Waals surface area contributed by atoms with Crippen LogP contribution in [-0.4, -0.2) is 43.2 Å². The van der Waals surface area contributed by atoms with Gasteiger partial charge in [-0.25, -0.2) is 5.01 Å². The number of nitrogens with zero attached hydrogens (tertiary/aromatic N) is 2. The Balaban J connectivity index is 1.56. The minimum Gasteiger partial charge on any atom is -0.493 e. The summed E-state index contributed by atoms with van der Waals surface area (Å²) in [4.78, 5) is 25.7. The highest BCUT2D eigenvalue weighted by Crippen LogP contribution is 2.37. The predicted octanol–water partition coefficient (Wildman–Crippen LogP) is 4.76. The zero-order chi connectivity index (χ0) is 23.4. The van der Waals surface area contributed by atoms with Gasteiger partial charge in [0.05, 0.1) is 37.4 Å². The van der Waals surface area contributed by atoms with E-state index < -0.39 is 0 Å². The molecule has 0 bridgehead atoms. The van der Waals surface area contributed by atoms with Crippen LogP contribution >= 0.6 is 11.3 Å². The van der Waals surface area contributed by atoms with Gasteiger partial charge in [0.1, 0.15) is 0 Å². The predicted molar refractivity (Wildman–Crippen MR) is 130 cm³/mol. The molecule has 8 heteroatoms. The maximum absolute atomic E-state index is 13.2. The average Bonchev–Trinajstić information content (AvgIpc) is 3.52. The van der Waals surface area contributed by atoms with Gasteiger partial charge in [-0.1, -0.05) is 12.1 Å². The summed E-state index contributed by atoms with van der Waals surface area (Å²) in [6, 6.07) is 16.5. The number of nitrogens with one attached hydrogen (secondary N) is 1. The second-order valence-electron chi connectivity index (χ2n) is 7.58. The Labute approximate surface area is 196 Å². The summed E-state index contributed by atoms with van der Waals surface area (Å²) in [5, 5.41) is 11.4. The Morgan fingerprint density at radius 3 is 2.48 bits per heavy atom. The Kier molecular flexibility index (Phi) is 6.74. The minimum absolute atomic E-state index is 0.00268. The van der Waals surface area contributed by atoms with E-state index in [4.69, 9.17) is 14.6 Å². The van der Waals surface area contributed by atoms with Gasteiger partial charge in [-0.3, -0.25) is 9.59 Å². The molecule has 1 amide bonds. The van der Waals surface area contributed by atoms with Crippen LogP contribution in [-0.2, 0) is 4.79 Å².